The summed E-state index contributed by atoms with van der Waals surface area (Å²) >= 11 is 1.22. The third kappa shape index (κ3) is 3.28. The van der Waals surface area contributed by atoms with Gasteiger partial charge in [0.15, 0.2) is 0 Å². The van der Waals surface area contributed by atoms with Crippen molar-refractivity contribution >= 4 is 21.4 Å². The van der Waals surface area contributed by atoms with Crippen LogP contribution in [0.1, 0.15) is 24.6 Å². The van der Waals surface area contributed by atoms with Crippen LogP contribution in [0.2, 0.25) is 0 Å². The quantitative estimate of drug-likeness (QED) is 0.824. The van der Waals surface area contributed by atoms with Crippen molar-refractivity contribution in [2.24, 2.45) is 5.41 Å². The molecular weight excluding hydrogens is 258 g/mol. The van der Waals surface area contributed by atoms with Gasteiger partial charge in [-0.2, -0.15) is 0 Å². The first-order valence-corrected chi connectivity index (χ1v) is 7.94. The molecule has 0 unspecified atom stereocenters. The highest BCUT2D eigenvalue weighted by atomic mass is 32.2. The minimum atomic E-state index is -3.36. The topological polar surface area (TPSA) is 66.4 Å². The molecule has 0 bridgehead atoms. The molecule has 17 heavy (non-hydrogen) atoms. The number of thiophene rings is 1. The van der Waals surface area contributed by atoms with Crippen molar-refractivity contribution in [1.82, 2.24) is 4.72 Å². The molecule has 1 saturated carbocycles. The van der Waals surface area contributed by atoms with Crippen molar-refractivity contribution in [3.8, 4) is 0 Å². The van der Waals surface area contributed by atoms with Crippen molar-refractivity contribution in [2.45, 2.75) is 30.4 Å². The molecule has 2 N–H and O–H groups in total. The van der Waals surface area contributed by atoms with Crippen molar-refractivity contribution in [2.75, 3.05) is 13.2 Å². The third-order valence-corrected chi connectivity index (χ3v) is 6.09. The number of rotatable bonds is 6. The monoisotopic (exact) mass is 275 g/mol. The van der Waals surface area contributed by atoms with E-state index < -0.39 is 10.0 Å². The Morgan fingerprint density at radius 1 is 1.47 bits per heavy atom. The maximum atomic E-state index is 12.0. The number of nitrogens with one attached hydrogen (secondary N) is 1. The average Bonchev–Trinajstić information content (AvgIpc) is 2.81. The lowest BCUT2D eigenvalue weighted by Crippen LogP contribution is -2.28. The highest BCUT2D eigenvalue weighted by Gasteiger charge is 2.38. The summed E-state index contributed by atoms with van der Waals surface area (Å²) in [4.78, 5) is 0.894. The molecule has 96 valence electrons. The van der Waals surface area contributed by atoms with E-state index in [9.17, 15) is 8.42 Å². The van der Waals surface area contributed by atoms with Crippen LogP contribution in [0.3, 0.4) is 0 Å². The fourth-order valence-electron chi connectivity index (χ4n) is 1.48. The smallest absolute Gasteiger partial charge is 0.250 e. The van der Waals surface area contributed by atoms with Gasteiger partial charge in [-0.1, -0.05) is 6.92 Å². The maximum absolute atomic E-state index is 12.0. The average molecular weight is 275 g/mol. The number of hydrogen-bond acceptors (Lipinski definition) is 4. The van der Waals surface area contributed by atoms with Gasteiger partial charge in [-0.15, -0.1) is 11.3 Å². The minimum absolute atomic E-state index is 0.0471. The third-order valence-electron chi connectivity index (χ3n) is 3.05. The van der Waals surface area contributed by atoms with E-state index in [2.05, 4.69) is 11.6 Å². The molecule has 1 aliphatic rings. The van der Waals surface area contributed by atoms with Gasteiger partial charge in [-0.25, -0.2) is 13.1 Å². The van der Waals surface area contributed by atoms with Gasteiger partial charge in [0, 0.05) is 24.4 Å². The van der Waals surface area contributed by atoms with Crippen LogP contribution < -0.4 is 4.72 Å². The van der Waals surface area contributed by atoms with E-state index in [-0.39, 0.29) is 12.0 Å². The molecular formula is C11H17NO3S2. The fraction of sp³-hybridized carbons (Fsp3) is 0.636. The molecule has 2 rings (SSSR count). The van der Waals surface area contributed by atoms with Crippen molar-refractivity contribution in [3.05, 3.63) is 17.0 Å². The van der Waals surface area contributed by atoms with Crippen LogP contribution in [0.4, 0.5) is 0 Å². The lowest BCUT2D eigenvalue weighted by molar-refractivity contribution is 0.300. The molecule has 0 amide bonds. The summed E-state index contributed by atoms with van der Waals surface area (Å²) in [5.41, 5.74) is 0.165. The summed E-state index contributed by atoms with van der Waals surface area (Å²) in [6.07, 6.45) is 2.70. The Hall–Kier alpha value is -0.430. The first-order valence-electron chi connectivity index (χ1n) is 5.64. The number of aliphatic hydroxyl groups is 1. The molecule has 4 nitrogen and oxygen atoms in total. The van der Waals surface area contributed by atoms with Gasteiger partial charge >= 0.3 is 0 Å². The van der Waals surface area contributed by atoms with E-state index in [0.717, 1.165) is 17.7 Å². The van der Waals surface area contributed by atoms with Gasteiger partial charge < -0.3 is 5.11 Å². The van der Waals surface area contributed by atoms with E-state index >= 15 is 0 Å². The van der Waals surface area contributed by atoms with E-state index in [4.69, 9.17) is 5.11 Å². The normalized spacial score (nSPS) is 18.2. The molecule has 0 saturated heterocycles. The van der Waals surface area contributed by atoms with Gasteiger partial charge in [0.25, 0.3) is 0 Å². The zero-order valence-corrected chi connectivity index (χ0v) is 11.4. The second-order valence-electron chi connectivity index (χ2n) is 4.83. The summed E-state index contributed by atoms with van der Waals surface area (Å²) in [7, 11) is -3.36. The fourth-order valence-corrected chi connectivity index (χ4v) is 4.07. The van der Waals surface area contributed by atoms with Crippen LogP contribution in [-0.4, -0.2) is 26.7 Å². The second kappa shape index (κ2) is 4.68. The van der Waals surface area contributed by atoms with E-state index in [1.54, 1.807) is 12.1 Å². The maximum Gasteiger partial charge on any atom is 0.250 e. The Morgan fingerprint density at radius 2 is 2.18 bits per heavy atom. The van der Waals surface area contributed by atoms with E-state index in [0.29, 0.717) is 17.2 Å². The Morgan fingerprint density at radius 3 is 2.76 bits per heavy atom. The van der Waals surface area contributed by atoms with Gasteiger partial charge in [-0.05, 0) is 30.4 Å². The van der Waals surface area contributed by atoms with Gasteiger partial charge in [-0.3, -0.25) is 0 Å². The molecule has 6 heteroatoms. The minimum Gasteiger partial charge on any atom is -0.396 e. The van der Waals surface area contributed by atoms with Crippen LogP contribution in [-0.2, 0) is 16.4 Å². The SMILES string of the molecule is CC1(CNS(=O)(=O)c2ccc(CCO)s2)CC1. The molecule has 0 aliphatic heterocycles. The lowest BCUT2D eigenvalue weighted by atomic mass is 10.2. The highest BCUT2D eigenvalue weighted by Crippen LogP contribution is 2.44. The van der Waals surface area contributed by atoms with E-state index in [1.165, 1.54) is 11.3 Å². The predicted molar refractivity (Wildman–Crippen MR) is 67.6 cm³/mol. The van der Waals surface area contributed by atoms with Crippen molar-refractivity contribution in [3.63, 3.8) is 0 Å². The van der Waals surface area contributed by atoms with Gasteiger partial charge in [0.2, 0.25) is 10.0 Å². The standard InChI is InChI=1S/C11H17NO3S2/c1-11(5-6-11)8-12-17(14,15)10-3-2-9(16-10)4-7-13/h2-3,12-13H,4-8H2,1H3. The highest BCUT2D eigenvalue weighted by molar-refractivity contribution is 7.91. The van der Waals surface area contributed by atoms with Gasteiger partial charge in [0.1, 0.15) is 4.21 Å². The number of sulfonamides is 1. The molecule has 0 spiro atoms. The summed E-state index contributed by atoms with van der Waals surface area (Å²) in [6, 6.07) is 3.36. The first kappa shape index (κ1) is 13.0. The van der Waals surface area contributed by atoms with E-state index in [1.807, 2.05) is 0 Å². The second-order valence-corrected chi connectivity index (χ2v) is 7.99. The molecule has 1 heterocycles. The molecule has 0 radical (unpaired) electrons. The molecule has 0 atom stereocenters. The number of hydrogen-bond donors (Lipinski definition) is 2. The number of aliphatic hydroxyl groups excluding tert-OH is 1. The van der Waals surface area contributed by atoms with Crippen LogP contribution in [0, 0.1) is 5.41 Å². The van der Waals surface area contributed by atoms with Crippen LogP contribution in [0.5, 0.6) is 0 Å². The van der Waals surface area contributed by atoms with Crippen LogP contribution in [0.15, 0.2) is 16.3 Å². The zero-order valence-electron chi connectivity index (χ0n) is 9.77. The Kier molecular flexibility index (Phi) is 3.58. The lowest BCUT2D eigenvalue weighted by Gasteiger charge is -2.09. The van der Waals surface area contributed by atoms with Crippen LogP contribution in [0.25, 0.3) is 0 Å². The largest absolute Gasteiger partial charge is 0.396 e. The Balaban J connectivity index is 2.02. The summed E-state index contributed by atoms with van der Waals surface area (Å²) in [6.45, 7) is 2.65. The van der Waals surface area contributed by atoms with Crippen LogP contribution >= 0.6 is 11.3 Å². The molecule has 1 aromatic heterocycles. The molecule has 1 aromatic rings. The van der Waals surface area contributed by atoms with Gasteiger partial charge in [0.05, 0.1) is 0 Å². The molecule has 0 aromatic carbocycles. The first-order chi connectivity index (χ1) is 7.95. The Bertz CT molecular complexity index is 489. The van der Waals surface area contributed by atoms with Crippen molar-refractivity contribution < 1.29 is 13.5 Å². The van der Waals surface area contributed by atoms with Crippen molar-refractivity contribution in [1.29, 1.82) is 0 Å². The molecule has 1 aliphatic carbocycles. The summed E-state index contributed by atoms with van der Waals surface area (Å²) < 4.78 is 26.9. The zero-order chi connectivity index (χ0) is 12.5. The molecule has 1 fully saturated rings. The summed E-state index contributed by atoms with van der Waals surface area (Å²) in [5, 5.41) is 8.79. The Labute approximate surface area is 106 Å². The predicted octanol–water partition coefficient (Wildman–Crippen LogP) is 1.36. The summed E-state index contributed by atoms with van der Waals surface area (Å²) in [5.74, 6) is 0.